The van der Waals surface area contributed by atoms with Crippen LogP contribution in [0.25, 0.3) is 0 Å². The van der Waals surface area contributed by atoms with Crippen molar-refractivity contribution in [3.8, 4) is 0 Å². The quantitative estimate of drug-likeness (QED) is 0.808. The number of benzene rings is 1. The largest absolute Gasteiger partial charge is 0.352 e. The first-order valence-corrected chi connectivity index (χ1v) is 6.69. The SMILES string of the molecule is CN(CC(=O)NC1CC1)CC(=O)c1ccccc1Cl. The van der Waals surface area contributed by atoms with Crippen LogP contribution in [0.5, 0.6) is 0 Å². The van der Waals surface area contributed by atoms with Gasteiger partial charge in [0.1, 0.15) is 0 Å². The van der Waals surface area contributed by atoms with E-state index in [0.29, 0.717) is 16.6 Å². The zero-order valence-electron chi connectivity index (χ0n) is 10.9. The third-order valence-corrected chi connectivity index (χ3v) is 3.27. The molecule has 2 rings (SSSR count). The Kier molecular flexibility index (Phi) is 4.56. The highest BCUT2D eigenvalue weighted by molar-refractivity contribution is 6.34. The van der Waals surface area contributed by atoms with Gasteiger partial charge < -0.3 is 5.32 Å². The number of hydrogen-bond acceptors (Lipinski definition) is 3. The molecular weight excluding hydrogens is 264 g/mol. The maximum Gasteiger partial charge on any atom is 0.234 e. The van der Waals surface area contributed by atoms with Crippen molar-refractivity contribution in [1.29, 1.82) is 0 Å². The first-order chi connectivity index (χ1) is 9.06. The van der Waals surface area contributed by atoms with Gasteiger partial charge in [0.25, 0.3) is 0 Å². The van der Waals surface area contributed by atoms with Crippen molar-refractivity contribution >= 4 is 23.3 Å². The second-order valence-electron chi connectivity index (χ2n) is 4.92. The number of halogens is 1. The van der Waals surface area contributed by atoms with E-state index in [-0.39, 0.29) is 24.8 Å². The Morgan fingerprint density at radius 2 is 2.00 bits per heavy atom. The molecule has 0 spiro atoms. The first kappa shape index (κ1) is 14.0. The smallest absolute Gasteiger partial charge is 0.234 e. The predicted molar refractivity (Wildman–Crippen MR) is 74.4 cm³/mol. The number of nitrogens with one attached hydrogen (secondary N) is 1. The van der Waals surface area contributed by atoms with Crippen LogP contribution in [0.4, 0.5) is 0 Å². The molecular formula is C14H17ClN2O2. The highest BCUT2D eigenvalue weighted by Gasteiger charge is 2.24. The third-order valence-electron chi connectivity index (χ3n) is 2.94. The lowest BCUT2D eigenvalue weighted by Crippen LogP contribution is -2.38. The highest BCUT2D eigenvalue weighted by Crippen LogP contribution is 2.18. The topological polar surface area (TPSA) is 49.4 Å². The molecule has 1 saturated carbocycles. The molecule has 0 bridgehead atoms. The fourth-order valence-electron chi connectivity index (χ4n) is 1.82. The van der Waals surface area contributed by atoms with Gasteiger partial charge in [0, 0.05) is 11.6 Å². The van der Waals surface area contributed by atoms with Crippen molar-refractivity contribution in [2.75, 3.05) is 20.1 Å². The summed E-state index contributed by atoms with van der Waals surface area (Å²) in [6.07, 6.45) is 2.13. The molecule has 0 atom stereocenters. The maximum absolute atomic E-state index is 12.0. The fraction of sp³-hybridized carbons (Fsp3) is 0.429. The van der Waals surface area contributed by atoms with E-state index < -0.39 is 0 Å². The summed E-state index contributed by atoms with van der Waals surface area (Å²) < 4.78 is 0. The monoisotopic (exact) mass is 280 g/mol. The molecule has 1 aromatic carbocycles. The van der Waals surface area contributed by atoms with Crippen LogP contribution in [0.2, 0.25) is 5.02 Å². The number of carbonyl (C=O) groups excluding carboxylic acids is 2. The number of amides is 1. The molecule has 0 aromatic heterocycles. The Hall–Kier alpha value is -1.39. The van der Waals surface area contributed by atoms with E-state index in [2.05, 4.69) is 5.32 Å². The highest BCUT2D eigenvalue weighted by atomic mass is 35.5. The first-order valence-electron chi connectivity index (χ1n) is 6.32. The van der Waals surface area contributed by atoms with Crippen molar-refractivity contribution in [1.82, 2.24) is 10.2 Å². The van der Waals surface area contributed by atoms with Gasteiger partial charge in [0.15, 0.2) is 5.78 Å². The van der Waals surface area contributed by atoms with Crippen molar-refractivity contribution < 1.29 is 9.59 Å². The summed E-state index contributed by atoms with van der Waals surface area (Å²) in [7, 11) is 1.75. The molecule has 0 unspecified atom stereocenters. The van der Waals surface area contributed by atoms with Gasteiger partial charge in [-0.15, -0.1) is 0 Å². The van der Waals surface area contributed by atoms with E-state index >= 15 is 0 Å². The Bertz CT molecular complexity index is 486. The second kappa shape index (κ2) is 6.17. The number of carbonyl (C=O) groups is 2. The van der Waals surface area contributed by atoms with Gasteiger partial charge in [-0.05, 0) is 32.0 Å². The summed E-state index contributed by atoms with van der Waals surface area (Å²) in [4.78, 5) is 25.3. The molecule has 1 aliphatic rings. The summed E-state index contributed by atoms with van der Waals surface area (Å²) in [5, 5.41) is 3.34. The summed E-state index contributed by atoms with van der Waals surface area (Å²) in [6, 6.07) is 7.29. The number of rotatable bonds is 6. The van der Waals surface area contributed by atoms with Gasteiger partial charge in [-0.3, -0.25) is 14.5 Å². The van der Waals surface area contributed by atoms with E-state index in [1.165, 1.54) is 0 Å². The normalized spacial score (nSPS) is 14.5. The van der Waals surface area contributed by atoms with Gasteiger partial charge in [-0.1, -0.05) is 23.7 Å². The Morgan fingerprint density at radius 1 is 1.32 bits per heavy atom. The van der Waals surface area contributed by atoms with Gasteiger partial charge in [0.2, 0.25) is 5.91 Å². The second-order valence-corrected chi connectivity index (χ2v) is 5.32. The van der Waals surface area contributed by atoms with E-state index in [1.807, 2.05) is 0 Å². The number of ketones is 1. The predicted octanol–water partition coefficient (Wildman–Crippen LogP) is 1.73. The van der Waals surface area contributed by atoms with Crippen LogP contribution in [0.3, 0.4) is 0 Å². The van der Waals surface area contributed by atoms with Crippen LogP contribution in [0, 0.1) is 0 Å². The van der Waals surface area contributed by atoms with Gasteiger partial charge in [-0.25, -0.2) is 0 Å². The van der Waals surface area contributed by atoms with Crippen LogP contribution in [-0.2, 0) is 4.79 Å². The van der Waals surface area contributed by atoms with Crippen LogP contribution >= 0.6 is 11.6 Å². The third kappa shape index (κ3) is 4.33. The van der Waals surface area contributed by atoms with Crippen molar-refractivity contribution in [2.24, 2.45) is 0 Å². The van der Waals surface area contributed by atoms with Gasteiger partial charge in [-0.2, -0.15) is 0 Å². The standard InChI is InChI=1S/C14H17ClN2O2/c1-17(9-14(19)16-10-6-7-10)8-13(18)11-4-2-3-5-12(11)15/h2-5,10H,6-9H2,1H3,(H,16,19). The van der Waals surface area contributed by atoms with E-state index in [9.17, 15) is 9.59 Å². The number of Topliss-reactive ketones (excluding diaryl/α,β-unsaturated/α-hetero) is 1. The lowest BCUT2D eigenvalue weighted by atomic mass is 10.1. The lowest BCUT2D eigenvalue weighted by molar-refractivity contribution is -0.121. The molecule has 0 heterocycles. The summed E-state index contributed by atoms with van der Waals surface area (Å²) >= 11 is 5.97. The van der Waals surface area contributed by atoms with Crippen molar-refractivity contribution in [3.63, 3.8) is 0 Å². The fourth-order valence-corrected chi connectivity index (χ4v) is 2.06. The Morgan fingerprint density at radius 3 is 2.63 bits per heavy atom. The zero-order valence-corrected chi connectivity index (χ0v) is 11.6. The molecule has 1 amide bonds. The molecule has 1 fully saturated rings. The maximum atomic E-state index is 12.0. The molecule has 5 heteroatoms. The minimum Gasteiger partial charge on any atom is -0.352 e. The number of hydrogen-bond donors (Lipinski definition) is 1. The van der Waals surface area contributed by atoms with Gasteiger partial charge in [0.05, 0.1) is 18.1 Å². The molecule has 1 aromatic rings. The number of likely N-dealkylation sites (N-methyl/N-ethyl adjacent to an activating group) is 1. The van der Waals surface area contributed by atoms with Crippen LogP contribution in [0.15, 0.2) is 24.3 Å². The lowest BCUT2D eigenvalue weighted by Gasteiger charge is -2.15. The Balaban J connectivity index is 1.84. The summed E-state index contributed by atoms with van der Waals surface area (Å²) in [5.74, 6) is -0.107. The minimum atomic E-state index is -0.0766. The van der Waals surface area contributed by atoms with Crippen LogP contribution in [-0.4, -0.2) is 42.8 Å². The Labute approximate surface area is 117 Å². The summed E-state index contributed by atoms with van der Waals surface area (Å²) in [5.41, 5.74) is 0.499. The molecule has 4 nitrogen and oxygen atoms in total. The molecule has 0 radical (unpaired) electrons. The molecule has 0 saturated heterocycles. The van der Waals surface area contributed by atoms with E-state index in [1.54, 1.807) is 36.2 Å². The molecule has 1 N–H and O–H groups in total. The van der Waals surface area contributed by atoms with Crippen molar-refractivity contribution in [3.05, 3.63) is 34.9 Å². The minimum absolute atomic E-state index is 0.0306. The van der Waals surface area contributed by atoms with Crippen LogP contribution < -0.4 is 5.32 Å². The molecule has 19 heavy (non-hydrogen) atoms. The number of nitrogens with zero attached hydrogens (tertiary/aromatic N) is 1. The summed E-state index contributed by atoms with van der Waals surface area (Å²) in [6.45, 7) is 0.411. The molecule has 102 valence electrons. The average Bonchev–Trinajstić information content (AvgIpc) is 3.12. The van der Waals surface area contributed by atoms with E-state index in [0.717, 1.165) is 12.8 Å². The average molecular weight is 281 g/mol. The zero-order chi connectivity index (χ0) is 13.8. The molecule has 0 aliphatic heterocycles. The van der Waals surface area contributed by atoms with E-state index in [4.69, 9.17) is 11.6 Å². The molecule has 1 aliphatic carbocycles. The van der Waals surface area contributed by atoms with Gasteiger partial charge >= 0.3 is 0 Å². The van der Waals surface area contributed by atoms with Crippen LogP contribution in [0.1, 0.15) is 23.2 Å². The van der Waals surface area contributed by atoms with Crippen molar-refractivity contribution in [2.45, 2.75) is 18.9 Å².